The van der Waals surface area contributed by atoms with Crippen molar-refractivity contribution in [3.8, 4) is 0 Å². The predicted octanol–water partition coefficient (Wildman–Crippen LogP) is -2.07. The number of amides is 2. The van der Waals surface area contributed by atoms with Crippen molar-refractivity contribution in [1.82, 2.24) is 9.62 Å². The first-order valence-corrected chi connectivity index (χ1v) is 5.46. The largest absolute Gasteiger partial charge is 0.284 e. The van der Waals surface area contributed by atoms with E-state index < -0.39 is 22.2 Å². The van der Waals surface area contributed by atoms with Crippen LogP contribution in [0.1, 0.15) is 12.8 Å². The third-order valence-corrected chi connectivity index (χ3v) is 2.57. The maximum atomic E-state index is 11.3. The molecule has 0 aromatic rings. The molecule has 2 amide bonds. The second kappa shape index (κ2) is 3.64. The van der Waals surface area contributed by atoms with Crippen molar-refractivity contribution in [1.29, 1.82) is 0 Å². The highest BCUT2D eigenvalue weighted by Crippen LogP contribution is 2.11. The van der Waals surface area contributed by atoms with Crippen molar-refractivity contribution in [3.63, 3.8) is 0 Å². The molecule has 1 aliphatic heterocycles. The van der Waals surface area contributed by atoms with Crippen LogP contribution in [0.2, 0.25) is 0 Å². The van der Waals surface area contributed by atoms with Gasteiger partial charge in [0.2, 0.25) is 11.8 Å². The second-order valence-corrected chi connectivity index (χ2v) is 4.37. The van der Waals surface area contributed by atoms with Crippen LogP contribution in [0.25, 0.3) is 0 Å². The van der Waals surface area contributed by atoms with Gasteiger partial charge < -0.3 is 0 Å². The first-order chi connectivity index (χ1) is 6.31. The molecule has 1 aliphatic rings. The van der Waals surface area contributed by atoms with Gasteiger partial charge in [0, 0.05) is 13.5 Å². The molecule has 1 fully saturated rings. The number of likely N-dealkylation sites (tertiary alicyclic amines) is 1. The van der Waals surface area contributed by atoms with Crippen LogP contribution in [0.5, 0.6) is 0 Å². The minimum absolute atomic E-state index is 0.134. The summed E-state index contributed by atoms with van der Waals surface area (Å²) in [5, 5.41) is 4.71. The summed E-state index contributed by atoms with van der Waals surface area (Å²) in [6.45, 7) is 0. The van der Waals surface area contributed by atoms with Crippen molar-refractivity contribution in [3.05, 3.63) is 0 Å². The molecule has 0 aromatic heterocycles. The van der Waals surface area contributed by atoms with Gasteiger partial charge in [-0.05, 0) is 6.42 Å². The molecule has 3 N–H and O–H groups in total. The molecule has 0 aromatic carbocycles. The zero-order valence-corrected chi connectivity index (χ0v) is 8.37. The lowest BCUT2D eigenvalue weighted by Crippen LogP contribution is -2.54. The quantitative estimate of drug-likeness (QED) is 0.522. The highest BCUT2D eigenvalue weighted by molar-refractivity contribution is 7.87. The topological polar surface area (TPSA) is 110 Å². The summed E-state index contributed by atoms with van der Waals surface area (Å²) in [5.41, 5.74) is 0. The second-order valence-electron chi connectivity index (χ2n) is 3.05. The van der Waals surface area contributed by atoms with Crippen LogP contribution >= 0.6 is 0 Å². The first kappa shape index (κ1) is 11.1. The number of nitrogens with two attached hydrogens (primary N) is 1. The summed E-state index contributed by atoms with van der Waals surface area (Å²) in [4.78, 5) is 23.2. The van der Waals surface area contributed by atoms with Gasteiger partial charge in [0.1, 0.15) is 6.04 Å². The summed E-state index contributed by atoms with van der Waals surface area (Å²) in [6, 6.07) is -0.923. The van der Waals surface area contributed by atoms with Gasteiger partial charge in [-0.15, -0.1) is 0 Å². The molecular weight excluding hydrogens is 210 g/mol. The lowest BCUT2D eigenvalue weighted by atomic mass is 10.1. The number of likely N-dealkylation sites (N-methyl/N-ethyl adjacent to an activating group) is 1. The van der Waals surface area contributed by atoms with E-state index in [0.29, 0.717) is 0 Å². The molecule has 0 saturated carbocycles. The Labute approximate surface area is 81.4 Å². The van der Waals surface area contributed by atoms with Crippen molar-refractivity contribution < 1.29 is 18.0 Å². The van der Waals surface area contributed by atoms with Crippen molar-refractivity contribution >= 4 is 22.0 Å². The van der Waals surface area contributed by atoms with Gasteiger partial charge in [-0.1, -0.05) is 0 Å². The number of hydrogen-bond donors (Lipinski definition) is 2. The SMILES string of the molecule is CN1C(=O)CCC(NS(N)(=O)=O)C1=O. The average molecular weight is 221 g/mol. The summed E-state index contributed by atoms with van der Waals surface area (Å²) in [5.74, 6) is -0.891. The van der Waals surface area contributed by atoms with E-state index in [1.807, 2.05) is 4.72 Å². The van der Waals surface area contributed by atoms with Crippen LogP contribution in [-0.2, 0) is 19.8 Å². The Bertz CT molecular complexity index is 363. The fourth-order valence-electron chi connectivity index (χ4n) is 1.22. The standard InChI is InChI=1S/C6H11N3O4S/c1-9-5(10)3-2-4(6(9)11)8-14(7,12)13/h4,8H,2-3H2,1H3,(H2,7,12,13). The molecular formula is C6H11N3O4S. The maximum absolute atomic E-state index is 11.3. The molecule has 14 heavy (non-hydrogen) atoms. The molecule has 8 heteroatoms. The number of piperidine rings is 1. The van der Waals surface area contributed by atoms with Crippen LogP contribution in [0.15, 0.2) is 0 Å². The number of nitrogens with one attached hydrogen (secondary N) is 1. The minimum atomic E-state index is -3.91. The zero-order chi connectivity index (χ0) is 10.9. The summed E-state index contributed by atoms with van der Waals surface area (Å²) in [7, 11) is -2.60. The monoisotopic (exact) mass is 221 g/mol. The third-order valence-electron chi connectivity index (χ3n) is 1.96. The maximum Gasteiger partial charge on any atom is 0.275 e. The molecule has 1 unspecified atom stereocenters. The van der Waals surface area contributed by atoms with E-state index in [-0.39, 0.29) is 18.7 Å². The molecule has 0 spiro atoms. The van der Waals surface area contributed by atoms with Crippen LogP contribution in [0.3, 0.4) is 0 Å². The molecule has 1 atom stereocenters. The van der Waals surface area contributed by atoms with Gasteiger partial charge >= 0.3 is 0 Å². The van der Waals surface area contributed by atoms with Gasteiger partial charge in [0.25, 0.3) is 10.2 Å². The van der Waals surface area contributed by atoms with Gasteiger partial charge in [0.15, 0.2) is 0 Å². The highest BCUT2D eigenvalue weighted by Gasteiger charge is 2.33. The van der Waals surface area contributed by atoms with E-state index in [1.54, 1.807) is 0 Å². The number of carbonyl (C=O) groups is 2. The first-order valence-electron chi connectivity index (χ1n) is 3.91. The Kier molecular flexibility index (Phi) is 2.88. The normalized spacial score (nSPS) is 24.1. The Morgan fingerprint density at radius 2 is 2.07 bits per heavy atom. The van der Waals surface area contributed by atoms with E-state index in [2.05, 4.69) is 0 Å². The lowest BCUT2D eigenvalue weighted by Gasteiger charge is -2.27. The molecule has 0 radical (unpaired) electrons. The summed E-state index contributed by atoms with van der Waals surface area (Å²) >= 11 is 0. The summed E-state index contributed by atoms with van der Waals surface area (Å²) < 4.78 is 23.3. The number of carbonyl (C=O) groups excluding carboxylic acids is 2. The number of imide groups is 1. The van der Waals surface area contributed by atoms with E-state index in [1.165, 1.54) is 7.05 Å². The fourth-order valence-corrected chi connectivity index (χ4v) is 1.84. The van der Waals surface area contributed by atoms with Gasteiger partial charge in [0.05, 0.1) is 0 Å². The van der Waals surface area contributed by atoms with Crippen LogP contribution < -0.4 is 9.86 Å². The third kappa shape index (κ3) is 2.50. The van der Waals surface area contributed by atoms with Crippen molar-refractivity contribution in [2.24, 2.45) is 5.14 Å². The van der Waals surface area contributed by atoms with Crippen molar-refractivity contribution in [2.75, 3.05) is 7.05 Å². The van der Waals surface area contributed by atoms with E-state index in [0.717, 1.165) is 4.90 Å². The molecule has 1 heterocycles. The van der Waals surface area contributed by atoms with E-state index >= 15 is 0 Å². The lowest BCUT2D eigenvalue weighted by molar-refractivity contribution is -0.147. The zero-order valence-electron chi connectivity index (χ0n) is 7.56. The number of rotatable bonds is 2. The van der Waals surface area contributed by atoms with Crippen LogP contribution in [-0.4, -0.2) is 38.2 Å². The average Bonchev–Trinajstić information content (AvgIpc) is 2.04. The molecule has 0 aliphatic carbocycles. The Hall–Kier alpha value is -0.990. The van der Waals surface area contributed by atoms with Crippen molar-refractivity contribution in [2.45, 2.75) is 18.9 Å². The van der Waals surface area contributed by atoms with E-state index in [4.69, 9.17) is 5.14 Å². The molecule has 1 saturated heterocycles. The molecule has 1 rings (SSSR count). The van der Waals surface area contributed by atoms with Crippen LogP contribution in [0, 0.1) is 0 Å². The molecule has 7 nitrogen and oxygen atoms in total. The molecule has 0 bridgehead atoms. The Balaban J connectivity index is 2.74. The Morgan fingerprint density at radius 3 is 2.57 bits per heavy atom. The predicted molar refractivity (Wildman–Crippen MR) is 47.0 cm³/mol. The van der Waals surface area contributed by atoms with Gasteiger partial charge in [-0.25, -0.2) is 5.14 Å². The van der Waals surface area contributed by atoms with E-state index in [9.17, 15) is 18.0 Å². The number of nitrogens with zero attached hydrogens (tertiary/aromatic N) is 1. The van der Waals surface area contributed by atoms with Gasteiger partial charge in [-0.2, -0.15) is 13.1 Å². The van der Waals surface area contributed by atoms with Crippen LogP contribution in [0.4, 0.5) is 0 Å². The van der Waals surface area contributed by atoms with Gasteiger partial charge in [-0.3, -0.25) is 14.5 Å². The number of hydrogen-bond acceptors (Lipinski definition) is 4. The smallest absolute Gasteiger partial charge is 0.275 e. The Morgan fingerprint density at radius 1 is 1.50 bits per heavy atom. The minimum Gasteiger partial charge on any atom is -0.284 e. The summed E-state index contributed by atoms with van der Waals surface area (Å²) in [6.07, 6.45) is 0.286. The highest BCUT2D eigenvalue weighted by atomic mass is 32.2. The molecule has 80 valence electrons. The fraction of sp³-hybridized carbons (Fsp3) is 0.667.